The van der Waals surface area contributed by atoms with Crippen molar-refractivity contribution in [1.29, 1.82) is 0 Å². The first kappa shape index (κ1) is 19.1. The summed E-state index contributed by atoms with van der Waals surface area (Å²) in [6.07, 6.45) is 1.95. The Kier molecular flexibility index (Phi) is 6.73. The van der Waals surface area contributed by atoms with E-state index in [2.05, 4.69) is 0 Å². The molecule has 0 saturated carbocycles. The van der Waals surface area contributed by atoms with Crippen molar-refractivity contribution in [1.82, 2.24) is 0 Å². The Hall–Kier alpha value is -2.18. The van der Waals surface area contributed by atoms with E-state index in [0.29, 0.717) is 17.1 Å². The molecule has 5 nitrogen and oxygen atoms in total. The number of thioether (sulfide) groups is 1. The van der Waals surface area contributed by atoms with Crippen LogP contribution >= 0.6 is 23.4 Å². The first-order valence-corrected chi connectivity index (χ1v) is 8.86. The molecule has 0 aliphatic carbocycles. The van der Waals surface area contributed by atoms with Gasteiger partial charge in [0.15, 0.2) is 23.9 Å². The number of ketones is 1. The van der Waals surface area contributed by atoms with Crippen molar-refractivity contribution in [3.05, 3.63) is 52.5 Å². The van der Waals surface area contributed by atoms with E-state index in [1.807, 2.05) is 18.4 Å². The quantitative estimate of drug-likeness (QED) is 0.409. The lowest BCUT2D eigenvalue weighted by atomic mass is 10.1. The highest BCUT2D eigenvalue weighted by atomic mass is 35.5. The van der Waals surface area contributed by atoms with Crippen LogP contribution in [-0.4, -0.2) is 38.8 Å². The van der Waals surface area contributed by atoms with Crippen LogP contribution in [0.4, 0.5) is 0 Å². The first-order chi connectivity index (χ1) is 12.0. The van der Waals surface area contributed by atoms with Gasteiger partial charge in [0.1, 0.15) is 0 Å². The monoisotopic (exact) mass is 380 g/mol. The summed E-state index contributed by atoms with van der Waals surface area (Å²) in [6, 6.07) is 9.94. The minimum atomic E-state index is -0.670. The molecule has 0 N–H and O–H groups in total. The summed E-state index contributed by atoms with van der Waals surface area (Å²) in [4.78, 5) is 25.3. The Labute approximate surface area is 155 Å². The molecule has 0 unspecified atom stereocenters. The molecule has 2 aromatic rings. The summed E-state index contributed by atoms with van der Waals surface area (Å²) < 4.78 is 15.3. The van der Waals surface area contributed by atoms with E-state index >= 15 is 0 Å². The largest absolute Gasteiger partial charge is 0.493 e. The molecule has 0 heterocycles. The molecule has 25 heavy (non-hydrogen) atoms. The summed E-state index contributed by atoms with van der Waals surface area (Å²) in [5.41, 5.74) is 0.657. The van der Waals surface area contributed by atoms with Crippen LogP contribution in [0.1, 0.15) is 20.7 Å². The molecule has 0 saturated heterocycles. The minimum Gasteiger partial charge on any atom is -0.493 e. The van der Waals surface area contributed by atoms with Gasteiger partial charge in [0.25, 0.3) is 0 Å². The van der Waals surface area contributed by atoms with Gasteiger partial charge in [-0.3, -0.25) is 4.79 Å². The zero-order chi connectivity index (χ0) is 18.4. The fourth-order valence-electron chi connectivity index (χ4n) is 2.11. The maximum atomic E-state index is 12.2. The van der Waals surface area contributed by atoms with Crippen LogP contribution in [0.3, 0.4) is 0 Å². The van der Waals surface area contributed by atoms with E-state index < -0.39 is 5.97 Å². The number of halogens is 1. The number of carbonyl (C=O) groups is 2. The molecule has 0 spiro atoms. The Bertz CT molecular complexity index is 774. The zero-order valence-corrected chi connectivity index (χ0v) is 15.6. The third-order valence-corrected chi connectivity index (χ3v) is 4.44. The molecule has 0 aliphatic heterocycles. The molecule has 0 fully saturated rings. The molecule has 0 aromatic heterocycles. The van der Waals surface area contributed by atoms with Crippen molar-refractivity contribution in [3.63, 3.8) is 0 Å². The van der Waals surface area contributed by atoms with E-state index in [9.17, 15) is 9.59 Å². The number of methoxy groups -OCH3 is 2. The molecule has 2 aromatic carbocycles. The van der Waals surface area contributed by atoms with Crippen LogP contribution in [0.5, 0.6) is 11.5 Å². The zero-order valence-electron chi connectivity index (χ0n) is 14.0. The second kappa shape index (κ2) is 8.78. The van der Waals surface area contributed by atoms with Gasteiger partial charge in [0, 0.05) is 10.5 Å². The summed E-state index contributed by atoms with van der Waals surface area (Å²) in [5.74, 6) is -0.323. The van der Waals surface area contributed by atoms with Crippen molar-refractivity contribution in [2.45, 2.75) is 4.90 Å². The van der Waals surface area contributed by atoms with Crippen LogP contribution in [-0.2, 0) is 4.74 Å². The van der Waals surface area contributed by atoms with Crippen molar-refractivity contribution in [2.75, 3.05) is 27.1 Å². The first-order valence-electron chi connectivity index (χ1n) is 7.26. The maximum Gasteiger partial charge on any atom is 0.338 e. The van der Waals surface area contributed by atoms with Gasteiger partial charge in [-0.1, -0.05) is 23.7 Å². The Morgan fingerprint density at radius 3 is 2.28 bits per heavy atom. The molecular formula is C18H17ClO5S. The van der Waals surface area contributed by atoms with Crippen LogP contribution in [0.15, 0.2) is 41.3 Å². The van der Waals surface area contributed by atoms with E-state index in [-0.39, 0.29) is 23.0 Å². The number of carbonyl (C=O) groups excluding carboxylic acids is 2. The number of esters is 1. The van der Waals surface area contributed by atoms with Gasteiger partial charge < -0.3 is 14.2 Å². The molecule has 0 atom stereocenters. The average molecular weight is 381 g/mol. The molecule has 0 bridgehead atoms. The number of Topliss-reactive ketones (excluding diaryl/α,β-unsaturated/α-hetero) is 1. The van der Waals surface area contributed by atoms with Gasteiger partial charge in [0.2, 0.25) is 0 Å². The number of hydrogen-bond donors (Lipinski definition) is 0. The second-order valence-corrected chi connectivity index (χ2v) is 6.21. The van der Waals surface area contributed by atoms with Crippen LogP contribution in [0, 0.1) is 0 Å². The molecule has 132 valence electrons. The lowest BCUT2D eigenvalue weighted by Gasteiger charge is -2.11. The standard InChI is InChI=1S/C18H17ClO5S/c1-22-16-9-12(8-14(19)17(16)23-2)18(21)24-10-15(20)11-4-6-13(25-3)7-5-11/h4-9H,10H2,1-3H3. The highest BCUT2D eigenvalue weighted by Crippen LogP contribution is 2.36. The van der Waals surface area contributed by atoms with Gasteiger partial charge in [0.05, 0.1) is 24.8 Å². The normalized spacial score (nSPS) is 10.2. The van der Waals surface area contributed by atoms with Gasteiger partial charge in [-0.15, -0.1) is 11.8 Å². The highest BCUT2D eigenvalue weighted by molar-refractivity contribution is 7.98. The fourth-order valence-corrected chi connectivity index (χ4v) is 2.81. The summed E-state index contributed by atoms with van der Waals surface area (Å²) in [6.45, 7) is -0.358. The maximum absolute atomic E-state index is 12.2. The van der Waals surface area contributed by atoms with E-state index in [1.165, 1.54) is 26.4 Å². The lowest BCUT2D eigenvalue weighted by molar-refractivity contribution is 0.0474. The third kappa shape index (κ3) is 4.67. The Morgan fingerprint density at radius 1 is 1.04 bits per heavy atom. The number of rotatable bonds is 7. The number of ether oxygens (including phenoxy) is 3. The van der Waals surface area contributed by atoms with Crippen molar-refractivity contribution < 1.29 is 23.8 Å². The summed E-state index contributed by atoms with van der Waals surface area (Å²) in [7, 11) is 2.88. The van der Waals surface area contributed by atoms with Gasteiger partial charge in [-0.25, -0.2) is 4.79 Å². The van der Waals surface area contributed by atoms with Crippen molar-refractivity contribution >= 4 is 35.1 Å². The molecule has 0 aliphatic rings. The molecular weight excluding hydrogens is 364 g/mol. The summed E-state index contributed by atoms with van der Waals surface area (Å²) in [5, 5.41) is 0.216. The Balaban J connectivity index is 2.06. The van der Waals surface area contributed by atoms with Crippen LogP contribution < -0.4 is 9.47 Å². The smallest absolute Gasteiger partial charge is 0.338 e. The highest BCUT2D eigenvalue weighted by Gasteiger charge is 2.17. The van der Waals surface area contributed by atoms with Gasteiger partial charge in [-0.2, -0.15) is 0 Å². The lowest BCUT2D eigenvalue weighted by Crippen LogP contribution is -2.14. The number of hydrogen-bond acceptors (Lipinski definition) is 6. The van der Waals surface area contributed by atoms with Crippen molar-refractivity contribution in [2.24, 2.45) is 0 Å². The molecule has 7 heteroatoms. The van der Waals surface area contributed by atoms with Crippen LogP contribution in [0.25, 0.3) is 0 Å². The van der Waals surface area contributed by atoms with Gasteiger partial charge >= 0.3 is 5.97 Å². The van der Waals surface area contributed by atoms with Crippen molar-refractivity contribution in [3.8, 4) is 11.5 Å². The number of benzene rings is 2. The molecule has 0 amide bonds. The van der Waals surface area contributed by atoms with E-state index in [0.717, 1.165) is 4.90 Å². The van der Waals surface area contributed by atoms with E-state index in [4.69, 9.17) is 25.8 Å². The average Bonchev–Trinajstić information content (AvgIpc) is 2.65. The van der Waals surface area contributed by atoms with Crippen LogP contribution in [0.2, 0.25) is 5.02 Å². The summed E-state index contributed by atoms with van der Waals surface area (Å²) >= 11 is 7.64. The van der Waals surface area contributed by atoms with E-state index in [1.54, 1.807) is 23.9 Å². The SMILES string of the molecule is COc1cc(C(=O)OCC(=O)c2ccc(SC)cc2)cc(Cl)c1OC. The predicted octanol–water partition coefficient (Wildman–Crippen LogP) is 4.12. The fraction of sp³-hybridized carbons (Fsp3) is 0.222. The topological polar surface area (TPSA) is 61.8 Å². The Morgan fingerprint density at radius 2 is 1.72 bits per heavy atom. The minimum absolute atomic E-state index is 0.174. The molecule has 2 rings (SSSR count). The third-order valence-electron chi connectivity index (χ3n) is 3.42. The predicted molar refractivity (Wildman–Crippen MR) is 97.4 cm³/mol. The van der Waals surface area contributed by atoms with Gasteiger partial charge in [-0.05, 0) is 30.5 Å². The molecule has 0 radical (unpaired) electrons. The second-order valence-electron chi connectivity index (χ2n) is 4.92.